The number of hydrogen-bond acceptors (Lipinski definition) is 7. The predicted octanol–water partition coefficient (Wildman–Crippen LogP) is 3.14. The first-order valence-corrected chi connectivity index (χ1v) is 12.6. The summed E-state index contributed by atoms with van der Waals surface area (Å²) in [6.45, 7) is 14.7. The van der Waals surface area contributed by atoms with E-state index >= 15 is 0 Å². The third kappa shape index (κ3) is 5.02. The summed E-state index contributed by atoms with van der Waals surface area (Å²) in [4.78, 5) is 31.1. The molecule has 0 aliphatic carbocycles. The Kier molecular flexibility index (Phi) is 7.40. The highest BCUT2D eigenvalue weighted by molar-refractivity contribution is 7.20. The van der Waals surface area contributed by atoms with E-state index in [9.17, 15) is 4.79 Å². The second-order valence-electron chi connectivity index (χ2n) is 8.85. The Balaban J connectivity index is 1.40. The lowest BCUT2D eigenvalue weighted by Crippen LogP contribution is -2.46. The Hall–Kier alpha value is -1.77. The number of carbonyl (C=O) groups excluding carboxylic acids is 1. The van der Waals surface area contributed by atoms with Crippen molar-refractivity contribution in [2.45, 2.75) is 52.5 Å². The quantitative estimate of drug-likeness (QED) is 0.662. The third-order valence-corrected chi connectivity index (χ3v) is 8.08. The highest BCUT2D eigenvalue weighted by atomic mass is 32.1. The minimum Gasteiger partial charge on any atom is -0.353 e. The first-order chi connectivity index (χ1) is 15.1. The molecule has 0 aromatic carbocycles. The number of hydrogen-bond donors (Lipinski definition) is 1. The van der Waals surface area contributed by atoms with Gasteiger partial charge in [-0.15, -0.1) is 11.3 Å². The molecule has 170 valence electrons. The van der Waals surface area contributed by atoms with E-state index in [4.69, 9.17) is 0 Å². The number of fused-ring (bicyclic) bond motifs is 1. The van der Waals surface area contributed by atoms with Crippen molar-refractivity contribution in [2.24, 2.45) is 0 Å². The van der Waals surface area contributed by atoms with Crippen LogP contribution in [0.1, 0.15) is 54.8 Å². The smallest absolute Gasteiger partial charge is 0.261 e. The average Bonchev–Trinajstić information content (AvgIpc) is 3.14. The molecule has 2 aliphatic rings. The zero-order valence-corrected chi connectivity index (χ0v) is 20.0. The number of thiophene rings is 1. The van der Waals surface area contributed by atoms with Crippen molar-refractivity contribution in [3.05, 3.63) is 16.8 Å². The van der Waals surface area contributed by atoms with Gasteiger partial charge in [0.2, 0.25) is 0 Å². The van der Waals surface area contributed by atoms with Crippen LogP contribution in [0.3, 0.4) is 0 Å². The monoisotopic (exact) mass is 444 g/mol. The number of nitrogens with zero attached hydrogens (tertiary/aromatic N) is 5. The molecule has 0 bridgehead atoms. The minimum absolute atomic E-state index is 0.0222. The van der Waals surface area contributed by atoms with Crippen LogP contribution < -0.4 is 10.2 Å². The molecule has 0 spiro atoms. The molecular weight excluding hydrogens is 408 g/mol. The molecule has 2 saturated heterocycles. The molecule has 0 saturated carbocycles. The summed E-state index contributed by atoms with van der Waals surface area (Å²) < 4.78 is 0. The van der Waals surface area contributed by atoms with Crippen LogP contribution in [0.15, 0.2) is 6.33 Å². The van der Waals surface area contributed by atoms with Gasteiger partial charge in [0.1, 0.15) is 17.0 Å². The number of rotatable bonds is 7. The van der Waals surface area contributed by atoms with Crippen LogP contribution in [-0.2, 0) is 0 Å². The van der Waals surface area contributed by atoms with Gasteiger partial charge in [0, 0.05) is 45.3 Å². The molecule has 2 aromatic heterocycles. The highest BCUT2D eigenvalue weighted by Crippen LogP contribution is 2.35. The summed E-state index contributed by atoms with van der Waals surface area (Å²) in [6, 6.07) is 0.672. The van der Waals surface area contributed by atoms with Crippen molar-refractivity contribution in [1.82, 2.24) is 25.1 Å². The van der Waals surface area contributed by atoms with Gasteiger partial charge in [0.15, 0.2) is 0 Å². The summed E-state index contributed by atoms with van der Waals surface area (Å²) in [7, 11) is 0. The zero-order chi connectivity index (χ0) is 21.8. The second kappa shape index (κ2) is 10.2. The summed E-state index contributed by atoms with van der Waals surface area (Å²) in [5.41, 5.74) is 1.01. The number of likely N-dealkylation sites (tertiary alicyclic amines) is 1. The lowest BCUT2D eigenvalue weighted by Gasteiger charge is -2.35. The molecule has 0 unspecified atom stereocenters. The lowest BCUT2D eigenvalue weighted by molar-refractivity contribution is 0.0952. The molecule has 31 heavy (non-hydrogen) atoms. The van der Waals surface area contributed by atoms with E-state index in [2.05, 4.69) is 43.8 Å². The van der Waals surface area contributed by atoms with Crippen LogP contribution in [0.4, 0.5) is 5.82 Å². The molecule has 1 amide bonds. The summed E-state index contributed by atoms with van der Waals surface area (Å²) >= 11 is 1.49. The van der Waals surface area contributed by atoms with Gasteiger partial charge in [-0.2, -0.15) is 0 Å². The standard InChI is InChI=1S/C23H36N6OS/c1-4-27-12-14-29(15-13-27)21-19-18(3)20(31-23(19)26-16-25-21)22(30)24-9-7-11-28-10-6-5-8-17(28)2/h16-17H,4-15H2,1-3H3,(H,24,30)/t17-/m0/s1. The zero-order valence-electron chi connectivity index (χ0n) is 19.2. The molecule has 0 radical (unpaired) electrons. The van der Waals surface area contributed by atoms with Gasteiger partial charge in [-0.05, 0) is 51.8 Å². The fourth-order valence-corrected chi connectivity index (χ4v) is 5.90. The first kappa shape index (κ1) is 22.4. The molecule has 1 atom stereocenters. The van der Waals surface area contributed by atoms with E-state index in [-0.39, 0.29) is 5.91 Å². The van der Waals surface area contributed by atoms with E-state index < -0.39 is 0 Å². The van der Waals surface area contributed by atoms with Crippen molar-refractivity contribution in [3.8, 4) is 0 Å². The molecular formula is C23H36N6OS. The molecule has 2 fully saturated rings. The van der Waals surface area contributed by atoms with E-state index in [1.165, 1.54) is 37.1 Å². The number of piperazine rings is 1. The van der Waals surface area contributed by atoms with Gasteiger partial charge in [-0.25, -0.2) is 9.97 Å². The Bertz CT molecular complexity index is 892. The average molecular weight is 445 g/mol. The maximum absolute atomic E-state index is 12.9. The van der Waals surface area contributed by atoms with Gasteiger partial charge in [-0.3, -0.25) is 4.79 Å². The van der Waals surface area contributed by atoms with E-state index in [0.29, 0.717) is 12.6 Å². The van der Waals surface area contributed by atoms with Crippen LogP contribution in [0.5, 0.6) is 0 Å². The van der Waals surface area contributed by atoms with Gasteiger partial charge < -0.3 is 20.0 Å². The molecule has 7 nitrogen and oxygen atoms in total. The molecule has 8 heteroatoms. The minimum atomic E-state index is 0.0222. The SMILES string of the molecule is CCN1CCN(c2ncnc3sc(C(=O)NCCCN4CCCC[C@@H]4C)c(C)c23)CC1. The van der Waals surface area contributed by atoms with Crippen molar-refractivity contribution < 1.29 is 4.79 Å². The maximum Gasteiger partial charge on any atom is 0.261 e. The number of nitrogens with one attached hydrogen (secondary N) is 1. The highest BCUT2D eigenvalue weighted by Gasteiger charge is 2.24. The number of aromatic nitrogens is 2. The fourth-order valence-electron chi connectivity index (χ4n) is 4.84. The molecule has 4 heterocycles. The number of likely N-dealkylation sites (N-methyl/N-ethyl adjacent to an activating group) is 1. The predicted molar refractivity (Wildman–Crippen MR) is 128 cm³/mol. The third-order valence-electron chi connectivity index (χ3n) is 6.88. The number of amides is 1. The normalized spacial score (nSPS) is 21.0. The number of carbonyl (C=O) groups is 1. The number of aryl methyl sites for hydroxylation is 1. The fraction of sp³-hybridized carbons (Fsp3) is 0.696. The van der Waals surface area contributed by atoms with Crippen molar-refractivity contribution in [2.75, 3.05) is 57.3 Å². The van der Waals surface area contributed by atoms with Gasteiger partial charge >= 0.3 is 0 Å². The topological polar surface area (TPSA) is 64.6 Å². The summed E-state index contributed by atoms with van der Waals surface area (Å²) in [6.07, 6.45) is 6.57. The van der Waals surface area contributed by atoms with Gasteiger partial charge in [-0.1, -0.05) is 13.3 Å². The Morgan fingerprint density at radius 1 is 1.19 bits per heavy atom. The second-order valence-corrected chi connectivity index (χ2v) is 9.84. The van der Waals surface area contributed by atoms with Crippen LogP contribution >= 0.6 is 11.3 Å². The summed E-state index contributed by atoms with van der Waals surface area (Å²) in [5.74, 6) is 1.00. The van der Waals surface area contributed by atoms with Crippen LogP contribution in [0.2, 0.25) is 0 Å². The Morgan fingerprint density at radius 2 is 2.00 bits per heavy atom. The summed E-state index contributed by atoms with van der Waals surface area (Å²) in [5, 5.41) is 4.19. The maximum atomic E-state index is 12.9. The Morgan fingerprint density at radius 3 is 2.74 bits per heavy atom. The lowest BCUT2D eigenvalue weighted by atomic mass is 10.0. The van der Waals surface area contributed by atoms with Crippen LogP contribution in [-0.4, -0.2) is 84.1 Å². The van der Waals surface area contributed by atoms with Gasteiger partial charge in [0.05, 0.1) is 10.3 Å². The van der Waals surface area contributed by atoms with Crippen LogP contribution in [0.25, 0.3) is 10.2 Å². The van der Waals surface area contributed by atoms with E-state index in [1.54, 1.807) is 6.33 Å². The largest absolute Gasteiger partial charge is 0.353 e. The van der Waals surface area contributed by atoms with E-state index in [1.807, 2.05) is 6.92 Å². The van der Waals surface area contributed by atoms with Gasteiger partial charge in [0.25, 0.3) is 5.91 Å². The van der Waals surface area contributed by atoms with Crippen LogP contribution in [0, 0.1) is 6.92 Å². The molecule has 2 aromatic rings. The van der Waals surface area contributed by atoms with Crippen molar-refractivity contribution in [3.63, 3.8) is 0 Å². The first-order valence-electron chi connectivity index (χ1n) is 11.8. The number of anilines is 1. The molecule has 2 aliphatic heterocycles. The van der Waals surface area contributed by atoms with E-state index in [0.717, 1.165) is 72.2 Å². The number of piperidine rings is 1. The van der Waals surface area contributed by atoms with Crippen molar-refractivity contribution in [1.29, 1.82) is 0 Å². The van der Waals surface area contributed by atoms with Crippen molar-refractivity contribution >= 4 is 33.3 Å². The molecule has 1 N–H and O–H groups in total. The molecule has 4 rings (SSSR count). The Labute approximate surface area is 189 Å².